The maximum atomic E-state index is 13.8. The SMILES string of the molecule is O=C1[C@H]2Cc3c([nH]c4ccccc34)[C@@H](c3ccc4c(c3)OCO4)N2C(=O)CN1[C@@H]1CCNC1. The molecule has 2 N–H and O–H groups in total. The predicted molar refractivity (Wildman–Crippen MR) is 120 cm³/mol. The summed E-state index contributed by atoms with van der Waals surface area (Å²) in [6.45, 7) is 1.94. The number of carbonyl (C=O) groups excluding carboxylic acids is 2. The first-order chi connectivity index (χ1) is 16.2. The first kappa shape index (κ1) is 19.0. The number of nitrogens with one attached hydrogen (secondary N) is 2. The van der Waals surface area contributed by atoms with Crippen LogP contribution < -0.4 is 14.8 Å². The monoisotopic (exact) mass is 444 g/mol. The van der Waals surface area contributed by atoms with Gasteiger partial charge in [-0.2, -0.15) is 0 Å². The van der Waals surface area contributed by atoms with Crippen molar-refractivity contribution in [1.82, 2.24) is 20.1 Å². The Hall–Kier alpha value is -3.52. The summed E-state index contributed by atoms with van der Waals surface area (Å²) < 4.78 is 11.1. The molecule has 2 amide bonds. The molecule has 168 valence electrons. The van der Waals surface area contributed by atoms with E-state index in [1.165, 1.54) is 0 Å². The number of fused-ring (bicyclic) bond motifs is 5. The number of H-pyrrole nitrogens is 1. The molecule has 3 aromatic rings. The van der Waals surface area contributed by atoms with Crippen LogP contribution in [0.25, 0.3) is 10.9 Å². The zero-order valence-corrected chi connectivity index (χ0v) is 18.0. The van der Waals surface area contributed by atoms with Crippen LogP contribution in [0.15, 0.2) is 42.5 Å². The summed E-state index contributed by atoms with van der Waals surface area (Å²) in [5, 5.41) is 4.43. The van der Waals surface area contributed by atoms with Gasteiger partial charge < -0.3 is 29.6 Å². The number of para-hydroxylation sites is 1. The van der Waals surface area contributed by atoms with Crippen molar-refractivity contribution in [2.45, 2.75) is 31.0 Å². The molecular weight excluding hydrogens is 420 g/mol. The van der Waals surface area contributed by atoms with E-state index in [0.717, 1.165) is 47.2 Å². The van der Waals surface area contributed by atoms with Gasteiger partial charge in [-0.25, -0.2) is 0 Å². The smallest absolute Gasteiger partial charge is 0.246 e. The molecule has 8 nitrogen and oxygen atoms in total. The van der Waals surface area contributed by atoms with Crippen molar-refractivity contribution < 1.29 is 19.1 Å². The standard InChI is InChI=1S/C25H24N4O4/c30-22-12-28(15-7-8-26-11-15)25(31)19-10-17-16-3-1-2-4-18(16)27-23(17)24(29(19)22)14-5-6-20-21(9-14)33-13-32-20/h1-6,9,15,19,24,26-27H,7-8,10-13H2/t15-,19-,24-/m1/s1. The van der Waals surface area contributed by atoms with E-state index in [-0.39, 0.29) is 37.2 Å². The van der Waals surface area contributed by atoms with Gasteiger partial charge in [-0.3, -0.25) is 9.59 Å². The van der Waals surface area contributed by atoms with Gasteiger partial charge in [0.25, 0.3) is 0 Å². The molecule has 4 aliphatic rings. The largest absolute Gasteiger partial charge is 0.454 e. The Morgan fingerprint density at radius 3 is 2.79 bits per heavy atom. The van der Waals surface area contributed by atoms with E-state index in [1.807, 2.05) is 36.4 Å². The molecule has 1 aromatic heterocycles. The summed E-state index contributed by atoms with van der Waals surface area (Å²) >= 11 is 0. The lowest BCUT2D eigenvalue weighted by Crippen LogP contribution is -2.65. The van der Waals surface area contributed by atoms with E-state index in [4.69, 9.17) is 9.47 Å². The normalized spacial score (nSPS) is 26.1. The number of carbonyl (C=O) groups is 2. The third kappa shape index (κ3) is 2.73. The van der Waals surface area contributed by atoms with Crippen LogP contribution in [0.2, 0.25) is 0 Å². The number of nitrogens with zero attached hydrogens (tertiary/aromatic N) is 2. The molecule has 0 saturated carbocycles. The molecule has 0 bridgehead atoms. The summed E-state index contributed by atoms with van der Waals surface area (Å²) in [4.78, 5) is 34.6. The van der Waals surface area contributed by atoms with Gasteiger partial charge in [0.2, 0.25) is 18.6 Å². The molecule has 2 aromatic carbocycles. The summed E-state index contributed by atoms with van der Waals surface area (Å²) in [6.07, 6.45) is 1.40. The quantitative estimate of drug-likeness (QED) is 0.631. The average Bonchev–Trinajstić information content (AvgIpc) is 3.59. The van der Waals surface area contributed by atoms with Gasteiger partial charge in [0.1, 0.15) is 12.6 Å². The maximum absolute atomic E-state index is 13.8. The fraction of sp³-hybridized carbons (Fsp3) is 0.360. The van der Waals surface area contributed by atoms with Gasteiger partial charge in [0.15, 0.2) is 11.5 Å². The fourth-order valence-corrected chi connectivity index (χ4v) is 5.93. The molecule has 2 fully saturated rings. The number of hydrogen-bond acceptors (Lipinski definition) is 5. The lowest BCUT2D eigenvalue weighted by atomic mass is 9.85. The molecule has 8 heteroatoms. The van der Waals surface area contributed by atoms with Crippen LogP contribution in [0.1, 0.15) is 29.3 Å². The lowest BCUT2D eigenvalue weighted by molar-refractivity contribution is -0.160. The van der Waals surface area contributed by atoms with Crippen LogP contribution in [-0.2, 0) is 16.0 Å². The number of hydrogen-bond donors (Lipinski definition) is 2. The topological polar surface area (TPSA) is 86.9 Å². The minimum Gasteiger partial charge on any atom is -0.454 e. The molecule has 3 atom stereocenters. The first-order valence-corrected chi connectivity index (χ1v) is 11.5. The van der Waals surface area contributed by atoms with Gasteiger partial charge in [0, 0.05) is 35.6 Å². The average molecular weight is 444 g/mol. The van der Waals surface area contributed by atoms with E-state index in [1.54, 1.807) is 9.80 Å². The van der Waals surface area contributed by atoms with Crippen molar-refractivity contribution in [2.24, 2.45) is 0 Å². The zero-order valence-electron chi connectivity index (χ0n) is 18.0. The second-order valence-corrected chi connectivity index (χ2v) is 9.21. The van der Waals surface area contributed by atoms with Gasteiger partial charge in [-0.15, -0.1) is 0 Å². The van der Waals surface area contributed by atoms with E-state index in [9.17, 15) is 9.59 Å². The van der Waals surface area contributed by atoms with E-state index in [0.29, 0.717) is 17.9 Å². The van der Waals surface area contributed by atoms with Gasteiger partial charge >= 0.3 is 0 Å². The Morgan fingerprint density at radius 2 is 1.91 bits per heavy atom. The maximum Gasteiger partial charge on any atom is 0.246 e. The Balaban J connectivity index is 1.39. The molecule has 5 heterocycles. The van der Waals surface area contributed by atoms with Crippen molar-refractivity contribution in [1.29, 1.82) is 0 Å². The molecule has 0 unspecified atom stereocenters. The highest BCUT2D eigenvalue weighted by atomic mass is 16.7. The molecule has 7 rings (SSSR count). The highest BCUT2D eigenvalue weighted by molar-refractivity contribution is 5.98. The minimum absolute atomic E-state index is 0.0153. The van der Waals surface area contributed by atoms with Gasteiger partial charge in [-0.05, 0) is 42.3 Å². The number of aromatic amines is 1. The van der Waals surface area contributed by atoms with Crippen LogP contribution in [-0.4, -0.2) is 65.1 Å². The molecule has 4 aliphatic heterocycles. The second kappa shape index (κ2) is 6.99. The zero-order chi connectivity index (χ0) is 22.1. The summed E-state index contributed by atoms with van der Waals surface area (Å²) in [7, 11) is 0. The Kier molecular flexibility index (Phi) is 4.02. The number of amides is 2. The summed E-state index contributed by atoms with van der Waals surface area (Å²) in [5.41, 5.74) is 4.02. The summed E-state index contributed by atoms with van der Waals surface area (Å²) in [6, 6.07) is 13.1. The van der Waals surface area contributed by atoms with Crippen LogP contribution >= 0.6 is 0 Å². The Morgan fingerprint density at radius 1 is 1.03 bits per heavy atom. The predicted octanol–water partition coefficient (Wildman–Crippen LogP) is 1.94. The van der Waals surface area contributed by atoms with Crippen molar-refractivity contribution in [3.05, 3.63) is 59.3 Å². The van der Waals surface area contributed by atoms with Crippen LogP contribution in [0, 0.1) is 0 Å². The van der Waals surface area contributed by atoms with Crippen molar-refractivity contribution in [2.75, 3.05) is 26.4 Å². The third-order valence-corrected chi connectivity index (χ3v) is 7.48. The first-order valence-electron chi connectivity index (χ1n) is 11.5. The molecule has 33 heavy (non-hydrogen) atoms. The van der Waals surface area contributed by atoms with Crippen LogP contribution in [0.5, 0.6) is 11.5 Å². The van der Waals surface area contributed by atoms with Crippen molar-refractivity contribution in [3.63, 3.8) is 0 Å². The second-order valence-electron chi connectivity index (χ2n) is 9.21. The van der Waals surface area contributed by atoms with Crippen LogP contribution in [0.4, 0.5) is 0 Å². The number of ether oxygens (including phenoxy) is 2. The van der Waals surface area contributed by atoms with E-state index < -0.39 is 6.04 Å². The molecule has 0 radical (unpaired) electrons. The van der Waals surface area contributed by atoms with Crippen molar-refractivity contribution in [3.8, 4) is 11.5 Å². The lowest BCUT2D eigenvalue weighted by Gasteiger charge is -2.48. The minimum atomic E-state index is -0.519. The van der Waals surface area contributed by atoms with E-state index in [2.05, 4.69) is 16.4 Å². The third-order valence-electron chi connectivity index (χ3n) is 7.48. The highest BCUT2D eigenvalue weighted by Gasteiger charge is 2.49. The van der Waals surface area contributed by atoms with Gasteiger partial charge in [-0.1, -0.05) is 24.3 Å². The number of piperazine rings is 1. The Labute approximate surface area is 190 Å². The fourth-order valence-electron chi connectivity index (χ4n) is 5.93. The number of aromatic nitrogens is 1. The summed E-state index contributed by atoms with van der Waals surface area (Å²) in [5.74, 6) is 1.40. The van der Waals surface area contributed by atoms with Crippen molar-refractivity contribution >= 4 is 22.7 Å². The Bertz CT molecular complexity index is 1290. The molecule has 2 saturated heterocycles. The number of benzene rings is 2. The highest BCUT2D eigenvalue weighted by Crippen LogP contribution is 2.45. The molecule has 0 spiro atoms. The van der Waals surface area contributed by atoms with Gasteiger partial charge in [0.05, 0.1) is 6.04 Å². The molecule has 0 aliphatic carbocycles. The number of rotatable bonds is 2. The molecular formula is C25H24N4O4. The van der Waals surface area contributed by atoms with Crippen LogP contribution in [0.3, 0.4) is 0 Å². The van der Waals surface area contributed by atoms with E-state index >= 15 is 0 Å².